The van der Waals surface area contributed by atoms with E-state index in [1.54, 1.807) is 18.3 Å². The lowest BCUT2D eigenvalue weighted by Gasteiger charge is -2.44. The molecule has 1 N–H and O–H groups in total. The molecule has 0 unspecified atom stereocenters. The monoisotopic (exact) mass is 994 g/mol. The van der Waals surface area contributed by atoms with Crippen LogP contribution in [0.5, 0.6) is 6.01 Å². The number of aliphatic hydroxyl groups is 1. The van der Waals surface area contributed by atoms with E-state index in [1.165, 1.54) is 16.4 Å². The van der Waals surface area contributed by atoms with Crippen LogP contribution in [0.2, 0.25) is 21.7 Å². The van der Waals surface area contributed by atoms with Crippen LogP contribution in [0, 0.1) is 23.1 Å². The van der Waals surface area contributed by atoms with E-state index in [0.717, 1.165) is 44.0 Å². The minimum atomic E-state index is -2.76. The van der Waals surface area contributed by atoms with Crippen LogP contribution in [0.3, 0.4) is 0 Å². The first-order valence-corrected chi connectivity index (χ1v) is 30.2. The summed E-state index contributed by atoms with van der Waals surface area (Å²) in [6.45, 7) is 25.0. The molecule has 0 spiro atoms. The summed E-state index contributed by atoms with van der Waals surface area (Å²) in [4.78, 5) is 19.3. The first-order valence-electron chi connectivity index (χ1n) is 26.0. The first-order chi connectivity index (χ1) is 33.8. The molecule has 0 bridgehead atoms. The molecule has 374 valence electrons. The van der Waals surface area contributed by atoms with E-state index in [2.05, 4.69) is 139 Å². The second-order valence-corrected chi connectivity index (χ2v) is 32.9. The molecule has 3 atom stereocenters. The molecule has 0 aliphatic carbocycles. The van der Waals surface area contributed by atoms with Crippen LogP contribution in [0.15, 0.2) is 97.2 Å². The van der Waals surface area contributed by atoms with Gasteiger partial charge in [0.2, 0.25) is 0 Å². The topological polar surface area (TPSA) is 83.8 Å². The number of pyridine rings is 1. The van der Waals surface area contributed by atoms with Gasteiger partial charge in [-0.2, -0.15) is 9.97 Å². The summed E-state index contributed by atoms with van der Waals surface area (Å²) in [5.74, 6) is 2.76. The van der Waals surface area contributed by atoms with Crippen molar-refractivity contribution >= 4 is 54.3 Å². The molecule has 12 heteroatoms. The number of rotatable bonds is 13. The summed E-state index contributed by atoms with van der Waals surface area (Å²) in [5, 5.41) is 15.4. The number of benzene rings is 4. The van der Waals surface area contributed by atoms with Crippen molar-refractivity contribution in [2.24, 2.45) is 0 Å². The van der Waals surface area contributed by atoms with E-state index in [4.69, 9.17) is 24.1 Å². The van der Waals surface area contributed by atoms with E-state index >= 15 is 8.78 Å². The lowest BCUT2D eigenvalue weighted by atomic mass is 9.95. The first kappa shape index (κ1) is 50.9. The van der Waals surface area contributed by atoms with Gasteiger partial charge >= 0.3 is 6.01 Å². The van der Waals surface area contributed by atoms with Crippen LogP contribution in [-0.4, -0.2) is 91.4 Å². The number of anilines is 1. The molecule has 5 heterocycles. The van der Waals surface area contributed by atoms with Gasteiger partial charge in [-0.15, -0.1) is 5.54 Å². The summed E-state index contributed by atoms with van der Waals surface area (Å²) < 4.78 is 48.3. The number of ether oxygens (including phenoxy) is 1. The van der Waals surface area contributed by atoms with Crippen molar-refractivity contribution < 1.29 is 23.1 Å². The van der Waals surface area contributed by atoms with Gasteiger partial charge in [-0.05, 0) is 95.5 Å². The van der Waals surface area contributed by atoms with Crippen LogP contribution in [0.25, 0.3) is 32.9 Å². The quantitative estimate of drug-likeness (QED) is 0.0905. The summed E-state index contributed by atoms with van der Waals surface area (Å²) in [7, 11) is -5.02. The van der Waals surface area contributed by atoms with Gasteiger partial charge in [-0.3, -0.25) is 9.88 Å². The minimum absolute atomic E-state index is 0.0539. The normalized spacial score (nSPS) is 21.1. The average molecular weight is 994 g/mol. The number of halogens is 2. The van der Waals surface area contributed by atoms with Crippen LogP contribution in [0.1, 0.15) is 113 Å². The molecule has 9 rings (SSSR count). The van der Waals surface area contributed by atoms with Crippen molar-refractivity contribution in [3.8, 4) is 28.7 Å². The van der Waals surface area contributed by atoms with Gasteiger partial charge in [-0.25, -0.2) is 8.78 Å². The van der Waals surface area contributed by atoms with Crippen LogP contribution in [0.4, 0.5) is 14.6 Å². The summed E-state index contributed by atoms with van der Waals surface area (Å²) >= 11 is 0. The van der Waals surface area contributed by atoms with E-state index in [9.17, 15) is 5.11 Å². The second-order valence-electron chi connectivity index (χ2n) is 23.0. The number of hydrogen-bond donors (Lipinski definition) is 1. The van der Waals surface area contributed by atoms with E-state index in [-0.39, 0.29) is 39.4 Å². The number of nitrogens with zero attached hydrogens (tertiary/aromatic N) is 5. The Kier molecular flexibility index (Phi) is 14.2. The predicted octanol–water partition coefficient (Wildman–Crippen LogP) is 12.0. The SMILES string of the molecule is CC(C)[Si](C#Cc1c(F)ccc2cccc(-c3ncc4c(N5CCC[C@@](C)(O)C5)nc(OC[C@@]56CCCN5[C@H](CO[Si](c5ccccc5)(c5ccccc5)C(C)(C)C)CC6)nc4c3F)c12)(C(C)C)C(C)C. The molecule has 0 radical (unpaired) electrons. The Hall–Kier alpha value is -5.04. The van der Waals surface area contributed by atoms with Gasteiger partial charge in [0.1, 0.15) is 37.5 Å². The molecule has 3 fully saturated rings. The second kappa shape index (κ2) is 19.8. The third kappa shape index (κ3) is 9.24. The van der Waals surface area contributed by atoms with Gasteiger partial charge in [0, 0.05) is 36.3 Å². The van der Waals surface area contributed by atoms with Gasteiger partial charge < -0.3 is 19.2 Å². The molecule has 0 amide bonds. The average Bonchev–Trinajstić information content (AvgIpc) is 3.91. The van der Waals surface area contributed by atoms with Crippen molar-refractivity contribution in [3.05, 3.63) is 114 Å². The largest absolute Gasteiger partial charge is 0.461 e. The molecule has 3 aliphatic rings. The molecular weight excluding hydrogens is 921 g/mol. The third-order valence-electron chi connectivity index (χ3n) is 16.6. The zero-order valence-corrected chi connectivity index (χ0v) is 45.6. The molecular formula is C59H73F2N5O3Si2. The summed E-state index contributed by atoms with van der Waals surface area (Å²) in [6, 6.07) is 30.6. The molecule has 8 nitrogen and oxygen atoms in total. The molecule has 6 aromatic rings. The maximum Gasteiger partial charge on any atom is 0.319 e. The number of aromatic nitrogens is 3. The van der Waals surface area contributed by atoms with E-state index < -0.39 is 33.6 Å². The fraction of sp³-hybridized carbons (Fsp3) is 0.475. The highest BCUT2D eigenvalue weighted by molar-refractivity contribution is 6.99. The van der Waals surface area contributed by atoms with Crippen molar-refractivity contribution in [1.29, 1.82) is 0 Å². The fourth-order valence-corrected chi connectivity index (χ4v) is 23.0. The smallest absolute Gasteiger partial charge is 0.319 e. The Bertz CT molecular complexity index is 2890. The predicted molar refractivity (Wildman–Crippen MR) is 291 cm³/mol. The van der Waals surface area contributed by atoms with Crippen molar-refractivity contribution in [3.63, 3.8) is 0 Å². The Morgan fingerprint density at radius 1 is 0.817 bits per heavy atom. The maximum absolute atomic E-state index is 17.8. The fourth-order valence-electron chi connectivity index (χ4n) is 13.2. The van der Waals surface area contributed by atoms with Gasteiger partial charge in [-0.1, -0.05) is 153 Å². The van der Waals surface area contributed by atoms with Gasteiger partial charge in [0.05, 0.1) is 28.7 Å². The lowest BCUT2D eigenvalue weighted by molar-refractivity contribution is 0.0446. The van der Waals surface area contributed by atoms with Crippen molar-refractivity contribution in [2.75, 3.05) is 37.7 Å². The minimum Gasteiger partial charge on any atom is -0.461 e. The van der Waals surface area contributed by atoms with Crippen molar-refractivity contribution in [1.82, 2.24) is 19.9 Å². The number of fused-ring (bicyclic) bond motifs is 3. The highest BCUT2D eigenvalue weighted by Gasteiger charge is 2.54. The van der Waals surface area contributed by atoms with Gasteiger partial charge in [0.25, 0.3) is 8.32 Å². The third-order valence-corrected chi connectivity index (χ3v) is 27.8. The van der Waals surface area contributed by atoms with Gasteiger partial charge in [0.15, 0.2) is 5.82 Å². The highest BCUT2D eigenvalue weighted by atomic mass is 28.4. The summed E-state index contributed by atoms with van der Waals surface area (Å²) in [6.07, 6.45) is 6.88. The van der Waals surface area contributed by atoms with Crippen LogP contribution in [-0.2, 0) is 4.43 Å². The molecule has 3 aliphatic heterocycles. The van der Waals surface area contributed by atoms with Crippen molar-refractivity contribution in [2.45, 2.75) is 147 Å². The number of piperidine rings is 1. The standard InChI is InChI=1S/C59H73F2N5O3Si2/c1-40(2)70(41(3)4,42(5)6)35-29-47-50(60)27-26-43-20-17-25-48(51(43)47)53-52(61)54-49(36-62-53)55(65-33-18-30-58(10,67)38-65)64-56(63-54)68-39-59-31-19-34-66(59)44(28-32-59)37-69-71(57(7,8)9,45-21-13-11-14-22-45)46-23-15-12-16-24-46/h11-17,20-27,36,40-42,44,67H,18-19,28,30-34,37-39H2,1-10H3/t44-,58+,59-/m0/s1. The molecule has 71 heavy (non-hydrogen) atoms. The highest BCUT2D eigenvalue weighted by Crippen LogP contribution is 2.46. The summed E-state index contributed by atoms with van der Waals surface area (Å²) in [5.41, 5.74) is 4.35. The lowest BCUT2D eigenvalue weighted by Crippen LogP contribution is -2.67. The number of β-amino-alcohol motifs (C(OH)–C–C–N with tert-alkyl or cyclic N) is 1. The zero-order chi connectivity index (χ0) is 50.5. The Morgan fingerprint density at radius 2 is 1.48 bits per heavy atom. The molecule has 2 aromatic heterocycles. The molecule has 3 saturated heterocycles. The number of hydrogen-bond acceptors (Lipinski definition) is 8. The maximum atomic E-state index is 17.8. The Morgan fingerprint density at radius 3 is 2.11 bits per heavy atom. The molecule has 0 saturated carbocycles. The zero-order valence-electron chi connectivity index (χ0n) is 43.6. The molecule has 4 aromatic carbocycles. The van der Waals surface area contributed by atoms with Crippen LogP contribution >= 0.6 is 0 Å². The van der Waals surface area contributed by atoms with E-state index in [0.29, 0.717) is 71.5 Å². The van der Waals surface area contributed by atoms with Crippen LogP contribution < -0.4 is 20.0 Å². The van der Waals surface area contributed by atoms with E-state index in [1.807, 2.05) is 24.0 Å². The Balaban J connectivity index is 1.08. The Labute approximate surface area is 422 Å².